The predicted octanol–water partition coefficient (Wildman–Crippen LogP) is 4.38. The molecule has 1 amide bonds. The lowest BCUT2D eigenvalue weighted by Crippen LogP contribution is -2.26. The van der Waals surface area contributed by atoms with Gasteiger partial charge in [-0.15, -0.1) is 0 Å². The molecule has 0 unspecified atom stereocenters. The van der Waals surface area contributed by atoms with Gasteiger partial charge in [-0.3, -0.25) is 19.5 Å². The number of carbonyl (C=O) groups is 1. The molecule has 3 heterocycles. The summed E-state index contributed by atoms with van der Waals surface area (Å²) in [4.78, 5) is 34.9. The maximum Gasteiger partial charge on any atom is 0.261 e. The van der Waals surface area contributed by atoms with Crippen molar-refractivity contribution in [2.24, 2.45) is 0 Å². The lowest BCUT2D eigenvalue weighted by molar-refractivity contribution is 0.102. The minimum absolute atomic E-state index is 0.00923. The maximum absolute atomic E-state index is 12.9. The summed E-state index contributed by atoms with van der Waals surface area (Å²) >= 11 is 1.44. The molecule has 2 aromatic heterocycles. The summed E-state index contributed by atoms with van der Waals surface area (Å²) < 4.78 is 2.83. The molecule has 1 N–H and O–H groups in total. The highest BCUT2D eigenvalue weighted by Gasteiger charge is 2.16. The number of hydrogen-bond acceptors (Lipinski definition) is 5. The molecule has 4 aromatic rings. The second kappa shape index (κ2) is 7.40. The molecule has 7 heteroatoms. The Bertz CT molecular complexity index is 1260. The molecule has 5 rings (SSSR count). The monoisotopic (exact) mass is 404 g/mol. The van der Waals surface area contributed by atoms with E-state index in [0.717, 1.165) is 48.3 Å². The van der Waals surface area contributed by atoms with Crippen LogP contribution in [0.5, 0.6) is 0 Å². The number of anilines is 1. The van der Waals surface area contributed by atoms with Gasteiger partial charge in [-0.25, -0.2) is 9.97 Å². The van der Waals surface area contributed by atoms with Gasteiger partial charge in [-0.2, -0.15) is 0 Å². The molecule has 1 aliphatic rings. The van der Waals surface area contributed by atoms with Gasteiger partial charge in [0.25, 0.3) is 11.5 Å². The number of aromatic nitrogens is 3. The van der Waals surface area contributed by atoms with Crippen molar-refractivity contribution in [3.05, 3.63) is 64.2 Å². The van der Waals surface area contributed by atoms with Crippen LogP contribution in [-0.2, 0) is 13.0 Å². The average molecular weight is 404 g/mol. The van der Waals surface area contributed by atoms with E-state index in [1.165, 1.54) is 17.8 Å². The van der Waals surface area contributed by atoms with Gasteiger partial charge in [0.2, 0.25) is 0 Å². The standard InChI is InChI=1S/C22H20N4O2S/c27-20(25-22-24-16-7-4-5-8-18(16)29-22)14-10-11-15-17(13-14)23-19-9-3-1-2-6-12-26(19)21(15)28/h4-5,7-8,10-11,13H,1-3,6,9,12H2,(H,24,25,27). The van der Waals surface area contributed by atoms with Crippen LogP contribution in [0.15, 0.2) is 47.3 Å². The molecule has 0 aliphatic carbocycles. The summed E-state index contributed by atoms with van der Waals surface area (Å²) in [5.74, 6) is 0.575. The van der Waals surface area contributed by atoms with E-state index >= 15 is 0 Å². The van der Waals surface area contributed by atoms with Gasteiger partial charge >= 0.3 is 0 Å². The number of benzene rings is 2. The van der Waals surface area contributed by atoms with Crippen molar-refractivity contribution < 1.29 is 4.79 Å². The van der Waals surface area contributed by atoms with Crippen LogP contribution in [-0.4, -0.2) is 20.4 Å². The number of thiazole rings is 1. The van der Waals surface area contributed by atoms with Crippen LogP contribution in [0.4, 0.5) is 5.13 Å². The summed E-state index contributed by atoms with van der Waals surface area (Å²) in [6, 6.07) is 12.9. The van der Waals surface area contributed by atoms with Crippen LogP contribution in [0, 0.1) is 0 Å². The van der Waals surface area contributed by atoms with Crippen LogP contribution < -0.4 is 10.9 Å². The zero-order valence-electron chi connectivity index (χ0n) is 15.9. The Kier molecular flexibility index (Phi) is 4.60. The smallest absolute Gasteiger partial charge is 0.261 e. The van der Waals surface area contributed by atoms with Crippen molar-refractivity contribution in [1.82, 2.24) is 14.5 Å². The Morgan fingerprint density at radius 1 is 1.00 bits per heavy atom. The number of aryl methyl sites for hydroxylation is 1. The predicted molar refractivity (Wildman–Crippen MR) is 116 cm³/mol. The number of hydrogen-bond donors (Lipinski definition) is 1. The highest BCUT2D eigenvalue weighted by atomic mass is 32.1. The maximum atomic E-state index is 12.9. The van der Waals surface area contributed by atoms with Gasteiger partial charge in [0.05, 0.1) is 21.1 Å². The summed E-state index contributed by atoms with van der Waals surface area (Å²) in [5.41, 5.74) is 1.91. The van der Waals surface area contributed by atoms with Gasteiger partial charge in [-0.05, 0) is 43.2 Å². The van der Waals surface area contributed by atoms with E-state index in [9.17, 15) is 9.59 Å². The van der Waals surface area contributed by atoms with Crippen molar-refractivity contribution >= 4 is 43.5 Å². The molecule has 0 saturated heterocycles. The summed E-state index contributed by atoms with van der Waals surface area (Å²) in [7, 11) is 0. The molecule has 0 saturated carbocycles. The first-order chi connectivity index (χ1) is 14.2. The number of fused-ring (bicyclic) bond motifs is 3. The van der Waals surface area contributed by atoms with Crippen LogP contribution in [0.2, 0.25) is 0 Å². The molecule has 29 heavy (non-hydrogen) atoms. The Labute approximate surface area is 171 Å². The molecule has 0 spiro atoms. The lowest BCUT2D eigenvalue weighted by Gasteiger charge is -2.16. The Hall–Kier alpha value is -3.06. The number of amides is 1. The fourth-order valence-corrected chi connectivity index (χ4v) is 4.69. The summed E-state index contributed by atoms with van der Waals surface area (Å²) in [5, 5.41) is 3.98. The fraction of sp³-hybridized carbons (Fsp3) is 0.273. The quantitative estimate of drug-likeness (QED) is 0.538. The third-order valence-corrected chi connectivity index (χ3v) is 6.29. The zero-order chi connectivity index (χ0) is 19.8. The van der Waals surface area contributed by atoms with Gasteiger partial charge < -0.3 is 0 Å². The van der Waals surface area contributed by atoms with E-state index in [0.29, 0.717) is 21.6 Å². The molecule has 0 fully saturated rings. The van der Waals surface area contributed by atoms with Gasteiger partial charge in [0.1, 0.15) is 5.82 Å². The molecule has 0 radical (unpaired) electrons. The van der Waals surface area contributed by atoms with Crippen LogP contribution >= 0.6 is 11.3 Å². The van der Waals surface area contributed by atoms with Crippen molar-refractivity contribution in [2.75, 3.05) is 5.32 Å². The third-order valence-electron chi connectivity index (χ3n) is 5.34. The Morgan fingerprint density at radius 3 is 2.76 bits per heavy atom. The van der Waals surface area contributed by atoms with Crippen LogP contribution in [0.1, 0.15) is 41.9 Å². The average Bonchev–Trinajstić information content (AvgIpc) is 3.11. The molecule has 146 valence electrons. The Morgan fingerprint density at radius 2 is 1.86 bits per heavy atom. The summed E-state index contributed by atoms with van der Waals surface area (Å²) in [6.45, 7) is 0.719. The molecule has 2 aromatic carbocycles. The first kappa shape index (κ1) is 18.0. The molecule has 1 aliphatic heterocycles. The van der Waals surface area contributed by atoms with Crippen LogP contribution in [0.25, 0.3) is 21.1 Å². The normalized spacial score (nSPS) is 14.3. The fourth-order valence-electron chi connectivity index (χ4n) is 3.83. The second-order valence-corrected chi connectivity index (χ2v) is 8.35. The number of nitrogens with one attached hydrogen (secondary N) is 1. The highest BCUT2D eigenvalue weighted by Crippen LogP contribution is 2.26. The number of carbonyl (C=O) groups excluding carboxylic acids is 1. The topological polar surface area (TPSA) is 76.9 Å². The zero-order valence-corrected chi connectivity index (χ0v) is 16.7. The number of para-hydroxylation sites is 1. The van der Waals surface area contributed by atoms with Crippen molar-refractivity contribution in [2.45, 2.75) is 38.6 Å². The van der Waals surface area contributed by atoms with Crippen molar-refractivity contribution in [1.29, 1.82) is 0 Å². The molecular formula is C22H20N4O2S. The van der Waals surface area contributed by atoms with Gasteiger partial charge in [0, 0.05) is 18.5 Å². The molecular weight excluding hydrogens is 384 g/mol. The molecule has 0 atom stereocenters. The van der Waals surface area contributed by atoms with E-state index < -0.39 is 0 Å². The second-order valence-electron chi connectivity index (χ2n) is 7.32. The third kappa shape index (κ3) is 3.42. The van der Waals surface area contributed by atoms with E-state index in [1.807, 2.05) is 28.8 Å². The van der Waals surface area contributed by atoms with E-state index in [-0.39, 0.29) is 11.5 Å². The SMILES string of the molecule is O=C(Nc1nc2ccccc2s1)c1ccc2c(=O)n3c(nc2c1)CCCCCC3. The van der Waals surface area contributed by atoms with E-state index in [1.54, 1.807) is 18.2 Å². The van der Waals surface area contributed by atoms with Crippen LogP contribution in [0.3, 0.4) is 0 Å². The first-order valence-corrected chi connectivity index (χ1v) is 10.7. The first-order valence-electron chi connectivity index (χ1n) is 9.89. The van der Waals surface area contributed by atoms with Gasteiger partial charge in [0.15, 0.2) is 5.13 Å². The number of nitrogens with zero attached hydrogens (tertiary/aromatic N) is 3. The molecule has 6 nitrogen and oxygen atoms in total. The Balaban J connectivity index is 1.49. The minimum Gasteiger partial charge on any atom is -0.298 e. The lowest BCUT2D eigenvalue weighted by atomic mass is 10.1. The largest absolute Gasteiger partial charge is 0.298 e. The van der Waals surface area contributed by atoms with E-state index in [2.05, 4.69) is 10.3 Å². The molecule has 0 bridgehead atoms. The number of rotatable bonds is 2. The van der Waals surface area contributed by atoms with Crippen molar-refractivity contribution in [3.8, 4) is 0 Å². The van der Waals surface area contributed by atoms with E-state index in [4.69, 9.17) is 4.98 Å². The highest BCUT2D eigenvalue weighted by molar-refractivity contribution is 7.22. The van der Waals surface area contributed by atoms with Gasteiger partial charge in [-0.1, -0.05) is 36.3 Å². The summed E-state index contributed by atoms with van der Waals surface area (Å²) in [6.07, 6.45) is 5.15. The van der Waals surface area contributed by atoms with Crippen molar-refractivity contribution in [3.63, 3.8) is 0 Å². The minimum atomic E-state index is -0.250.